The van der Waals surface area contributed by atoms with Crippen molar-refractivity contribution in [2.45, 2.75) is 167 Å². The Labute approximate surface area is 241 Å². The molecule has 0 bridgehead atoms. The highest BCUT2D eigenvalue weighted by Gasteiger charge is 2.45. The molecule has 38 heavy (non-hydrogen) atoms. The standard InChI is InChI=1S/C36H74N2/c1-14-31(2,3)19-21-35(10,11)29-15-16-30(36(12,13)22-20-32(4,5)23-24-37)28(25-29)26-33(6,7)17-18-34(8,9)27-38/h28-30H,14-27,37-38H2,1-13H3. The zero-order chi connectivity index (χ0) is 29.6. The highest BCUT2D eigenvalue weighted by molar-refractivity contribution is 4.95. The quantitative estimate of drug-likeness (QED) is 0.195. The molecular formula is C36H74N2. The fourth-order valence-corrected chi connectivity index (χ4v) is 7.22. The number of hydrogen-bond acceptors (Lipinski definition) is 2. The maximum atomic E-state index is 6.12. The lowest BCUT2D eigenvalue weighted by molar-refractivity contribution is -0.00848. The van der Waals surface area contributed by atoms with Gasteiger partial charge in [-0.25, -0.2) is 0 Å². The Hall–Kier alpha value is -0.0800. The van der Waals surface area contributed by atoms with Gasteiger partial charge >= 0.3 is 0 Å². The van der Waals surface area contributed by atoms with E-state index in [4.69, 9.17) is 11.5 Å². The highest BCUT2D eigenvalue weighted by atomic mass is 14.6. The first-order valence-electron chi connectivity index (χ1n) is 16.5. The second kappa shape index (κ2) is 13.7. The van der Waals surface area contributed by atoms with Gasteiger partial charge in [0.05, 0.1) is 0 Å². The Morgan fingerprint density at radius 3 is 1.58 bits per heavy atom. The summed E-state index contributed by atoms with van der Waals surface area (Å²) in [6.07, 6.45) is 15.8. The summed E-state index contributed by atoms with van der Waals surface area (Å²) in [7, 11) is 0. The van der Waals surface area contributed by atoms with Crippen LogP contribution in [0, 0.1) is 50.2 Å². The van der Waals surface area contributed by atoms with Crippen molar-refractivity contribution in [3.05, 3.63) is 0 Å². The Bertz CT molecular complexity index is 681. The molecule has 4 N–H and O–H groups in total. The van der Waals surface area contributed by atoms with Crippen LogP contribution in [-0.2, 0) is 0 Å². The maximum Gasteiger partial charge on any atom is -0.00258 e. The average Bonchev–Trinajstić information content (AvgIpc) is 2.80. The van der Waals surface area contributed by atoms with Crippen molar-refractivity contribution in [1.82, 2.24) is 0 Å². The van der Waals surface area contributed by atoms with Crippen LogP contribution in [0.15, 0.2) is 0 Å². The molecule has 1 rings (SSSR count). The normalized spacial score (nSPS) is 22.7. The summed E-state index contributed by atoms with van der Waals surface area (Å²) in [5.41, 5.74) is 14.3. The van der Waals surface area contributed by atoms with Crippen LogP contribution in [0.3, 0.4) is 0 Å². The van der Waals surface area contributed by atoms with Gasteiger partial charge in [0.1, 0.15) is 0 Å². The fourth-order valence-electron chi connectivity index (χ4n) is 7.22. The molecule has 0 aromatic heterocycles. The highest BCUT2D eigenvalue weighted by Crippen LogP contribution is 2.55. The molecule has 0 saturated heterocycles. The first-order chi connectivity index (χ1) is 17.1. The Kier molecular flexibility index (Phi) is 13.0. The predicted octanol–water partition coefficient (Wildman–Crippen LogP) is 10.6. The van der Waals surface area contributed by atoms with Crippen LogP contribution in [-0.4, -0.2) is 13.1 Å². The van der Waals surface area contributed by atoms with Crippen LogP contribution in [0.1, 0.15) is 167 Å². The molecule has 3 unspecified atom stereocenters. The minimum atomic E-state index is 0.244. The molecule has 2 nitrogen and oxygen atoms in total. The minimum Gasteiger partial charge on any atom is -0.330 e. The van der Waals surface area contributed by atoms with Crippen molar-refractivity contribution < 1.29 is 0 Å². The lowest BCUT2D eigenvalue weighted by Gasteiger charge is -2.51. The molecule has 0 aromatic rings. The Morgan fingerprint density at radius 2 is 1.05 bits per heavy atom. The van der Waals surface area contributed by atoms with Gasteiger partial charge in [-0.15, -0.1) is 0 Å². The summed E-state index contributed by atoms with van der Waals surface area (Å²) >= 11 is 0. The van der Waals surface area contributed by atoms with E-state index in [-0.39, 0.29) is 5.41 Å². The second-order valence-electron chi connectivity index (χ2n) is 18.3. The third kappa shape index (κ3) is 11.8. The minimum absolute atomic E-state index is 0.244. The van der Waals surface area contributed by atoms with Crippen LogP contribution in [0.25, 0.3) is 0 Å². The van der Waals surface area contributed by atoms with Gasteiger partial charge in [-0.2, -0.15) is 0 Å². The van der Waals surface area contributed by atoms with Gasteiger partial charge in [-0.3, -0.25) is 0 Å². The van der Waals surface area contributed by atoms with Gasteiger partial charge in [0.2, 0.25) is 0 Å². The van der Waals surface area contributed by atoms with Crippen LogP contribution in [0.4, 0.5) is 0 Å². The molecular weight excluding hydrogens is 460 g/mol. The molecule has 3 atom stereocenters. The van der Waals surface area contributed by atoms with Gasteiger partial charge in [-0.05, 0) is 134 Å². The van der Waals surface area contributed by atoms with Crippen molar-refractivity contribution in [3.63, 3.8) is 0 Å². The molecule has 228 valence electrons. The van der Waals surface area contributed by atoms with Gasteiger partial charge in [-0.1, -0.05) is 96.4 Å². The van der Waals surface area contributed by atoms with Crippen molar-refractivity contribution in [1.29, 1.82) is 0 Å². The summed E-state index contributed by atoms with van der Waals surface area (Å²) < 4.78 is 0. The van der Waals surface area contributed by atoms with E-state index in [1.54, 1.807) is 0 Å². The molecule has 0 radical (unpaired) electrons. The maximum absolute atomic E-state index is 6.12. The average molecular weight is 535 g/mol. The lowest BCUT2D eigenvalue weighted by Crippen LogP contribution is -2.41. The van der Waals surface area contributed by atoms with Crippen molar-refractivity contribution in [3.8, 4) is 0 Å². The van der Waals surface area contributed by atoms with Gasteiger partial charge in [0.15, 0.2) is 0 Å². The van der Waals surface area contributed by atoms with E-state index in [1.807, 2.05) is 0 Å². The van der Waals surface area contributed by atoms with E-state index in [9.17, 15) is 0 Å². The van der Waals surface area contributed by atoms with Gasteiger partial charge in [0.25, 0.3) is 0 Å². The molecule has 0 aromatic carbocycles. The first kappa shape index (κ1) is 35.9. The third-order valence-corrected chi connectivity index (χ3v) is 11.6. The van der Waals surface area contributed by atoms with E-state index in [1.165, 1.54) is 70.6 Å². The van der Waals surface area contributed by atoms with Crippen LogP contribution < -0.4 is 11.5 Å². The van der Waals surface area contributed by atoms with E-state index in [2.05, 4.69) is 90.0 Å². The lowest BCUT2D eigenvalue weighted by atomic mass is 9.54. The van der Waals surface area contributed by atoms with Gasteiger partial charge in [0, 0.05) is 0 Å². The monoisotopic (exact) mass is 535 g/mol. The van der Waals surface area contributed by atoms with Crippen LogP contribution in [0.2, 0.25) is 0 Å². The first-order valence-corrected chi connectivity index (χ1v) is 16.5. The Balaban J connectivity index is 3.14. The molecule has 1 saturated carbocycles. The Morgan fingerprint density at radius 1 is 0.553 bits per heavy atom. The number of hydrogen-bond donors (Lipinski definition) is 2. The van der Waals surface area contributed by atoms with Crippen molar-refractivity contribution in [2.75, 3.05) is 13.1 Å². The number of rotatable bonds is 17. The smallest absolute Gasteiger partial charge is 0.00258 e. The summed E-state index contributed by atoms with van der Waals surface area (Å²) in [5, 5.41) is 0. The summed E-state index contributed by atoms with van der Waals surface area (Å²) in [6.45, 7) is 33.9. The SMILES string of the molecule is CCC(C)(C)CCC(C)(C)C1CCC(C(C)(C)CCC(C)(C)CCN)C(CC(C)(C)CCC(C)(C)CN)C1. The van der Waals surface area contributed by atoms with Crippen LogP contribution >= 0.6 is 0 Å². The largest absolute Gasteiger partial charge is 0.330 e. The van der Waals surface area contributed by atoms with E-state index in [0.29, 0.717) is 27.1 Å². The summed E-state index contributed by atoms with van der Waals surface area (Å²) in [6, 6.07) is 0. The molecule has 0 spiro atoms. The second-order valence-corrected chi connectivity index (χ2v) is 18.3. The fraction of sp³-hybridized carbons (Fsp3) is 1.00. The molecule has 1 fully saturated rings. The van der Waals surface area contributed by atoms with Gasteiger partial charge < -0.3 is 11.5 Å². The predicted molar refractivity (Wildman–Crippen MR) is 172 cm³/mol. The zero-order valence-corrected chi connectivity index (χ0v) is 28.8. The summed E-state index contributed by atoms with van der Waals surface area (Å²) in [4.78, 5) is 0. The van der Waals surface area contributed by atoms with Crippen LogP contribution in [0.5, 0.6) is 0 Å². The molecule has 0 aliphatic heterocycles. The van der Waals surface area contributed by atoms with Crippen molar-refractivity contribution in [2.24, 2.45) is 61.7 Å². The number of nitrogens with two attached hydrogens (primary N) is 2. The van der Waals surface area contributed by atoms with E-state index >= 15 is 0 Å². The zero-order valence-electron chi connectivity index (χ0n) is 28.8. The van der Waals surface area contributed by atoms with Crippen molar-refractivity contribution >= 4 is 0 Å². The molecule has 0 heterocycles. The molecule has 1 aliphatic rings. The summed E-state index contributed by atoms with van der Waals surface area (Å²) in [5.74, 6) is 2.48. The topological polar surface area (TPSA) is 52.0 Å². The molecule has 2 heteroatoms. The molecule has 1 aliphatic carbocycles. The van der Waals surface area contributed by atoms with E-state index in [0.717, 1.165) is 37.3 Å². The third-order valence-electron chi connectivity index (χ3n) is 11.6. The molecule has 0 amide bonds. The van der Waals surface area contributed by atoms with E-state index < -0.39 is 0 Å².